The van der Waals surface area contributed by atoms with Crippen LogP contribution >= 0.6 is 0 Å². The average Bonchev–Trinajstić information content (AvgIpc) is 3.06. The van der Waals surface area contributed by atoms with Crippen LogP contribution in [-0.4, -0.2) is 19.8 Å². The van der Waals surface area contributed by atoms with Crippen LogP contribution in [0, 0.1) is 17.6 Å². The van der Waals surface area contributed by atoms with Gasteiger partial charge in [0, 0.05) is 18.9 Å². The fraction of sp³-hybridized carbons (Fsp3) is 0.500. The third-order valence-electron chi connectivity index (χ3n) is 2.81. The lowest BCUT2D eigenvalue weighted by atomic mass is 10.2. The molecule has 0 aromatic heterocycles. The Kier molecular flexibility index (Phi) is 3.39. The third kappa shape index (κ3) is 2.70. The Morgan fingerprint density at radius 2 is 2.12 bits per heavy atom. The Morgan fingerprint density at radius 3 is 2.69 bits per heavy atom. The first-order valence-electron chi connectivity index (χ1n) is 5.41. The second kappa shape index (κ2) is 4.78. The van der Waals surface area contributed by atoms with Gasteiger partial charge in [0.05, 0.1) is 12.6 Å². The number of methoxy groups -OCH3 is 1. The lowest BCUT2D eigenvalue weighted by Crippen LogP contribution is -2.27. The van der Waals surface area contributed by atoms with Crippen LogP contribution in [0.1, 0.15) is 12.8 Å². The van der Waals surface area contributed by atoms with Crippen molar-refractivity contribution in [2.24, 2.45) is 5.92 Å². The van der Waals surface area contributed by atoms with Crippen molar-refractivity contribution >= 4 is 5.69 Å². The zero-order valence-corrected chi connectivity index (χ0v) is 9.17. The molecule has 16 heavy (non-hydrogen) atoms. The summed E-state index contributed by atoms with van der Waals surface area (Å²) in [5.41, 5.74) is 0.604. The molecule has 1 unspecified atom stereocenters. The van der Waals surface area contributed by atoms with Crippen molar-refractivity contribution in [2.45, 2.75) is 18.9 Å². The minimum atomic E-state index is -0.822. The number of benzene rings is 1. The summed E-state index contributed by atoms with van der Waals surface area (Å²) in [6.45, 7) is 0.587. The molecule has 0 radical (unpaired) electrons. The molecule has 1 aromatic rings. The molecule has 1 saturated carbocycles. The molecular weight excluding hydrogens is 212 g/mol. The highest BCUT2D eigenvalue weighted by molar-refractivity contribution is 5.44. The van der Waals surface area contributed by atoms with E-state index >= 15 is 0 Å². The van der Waals surface area contributed by atoms with Crippen LogP contribution in [0.15, 0.2) is 18.2 Å². The van der Waals surface area contributed by atoms with Crippen molar-refractivity contribution in [3.63, 3.8) is 0 Å². The zero-order valence-electron chi connectivity index (χ0n) is 9.17. The Bertz CT molecular complexity index is 366. The van der Waals surface area contributed by atoms with Gasteiger partial charge >= 0.3 is 0 Å². The van der Waals surface area contributed by atoms with Crippen molar-refractivity contribution in [1.29, 1.82) is 0 Å². The summed E-state index contributed by atoms with van der Waals surface area (Å²) in [4.78, 5) is 0. The molecule has 0 amide bonds. The maximum Gasteiger partial charge on any atom is 0.160 e. The van der Waals surface area contributed by atoms with E-state index < -0.39 is 11.6 Å². The van der Waals surface area contributed by atoms with Crippen LogP contribution < -0.4 is 5.32 Å². The van der Waals surface area contributed by atoms with E-state index in [-0.39, 0.29) is 6.04 Å². The van der Waals surface area contributed by atoms with E-state index in [1.807, 2.05) is 0 Å². The molecule has 1 aromatic carbocycles. The van der Waals surface area contributed by atoms with Crippen LogP contribution in [0.25, 0.3) is 0 Å². The quantitative estimate of drug-likeness (QED) is 0.835. The molecule has 88 valence electrons. The van der Waals surface area contributed by atoms with Crippen molar-refractivity contribution in [1.82, 2.24) is 0 Å². The normalized spacial score (nSPS) is 17.2. The van der Waals surface area contributed by atoms with E-state index in [1.165, 1.54) is 18.9 Å². The van der Waals surface area contributed by atoms with Crippen LogP contribution in [0.2, 0.25) is 0 Å². The van der Waals surface area contributed by atoms with Crippen molar-refractivity contribution in [2.75, 3.05) is 19.0 Å². The van der Waals surface area contributed by atoms with Crippen LogP contribution in [0.3, 0.4) is 0 Å². The van der Waals surface area contributed by atoms with E-state index in [0.29, 0.717) is 18.2 Å². The first-order chi connectivity index (χ1) is 7.70. The van der Waals surface area contributed by atoms with Gasteiger partial charge in [0.1, 0.15) is 0 Å². The third-order valence-corrected chi connectivity index (χ3v) is 2.81. The number of rotatable bonds is 5. The monoisotopic (exact) mass is 227 g/mol. The Hall–Kier alpha value is -1.16. The minimum Gasteiger partial charge on any atom is -0.383 e. The first-order valence-corrected chi connectivity index (χ1v) is 5.41. The van der Waals surface area contributed by atoms with E-state index in [1.54, 1.807) is 13.2 Å². The molecule has 1 aliphatic carbocycles. The second-order valence-electron chi connectivity index (χ2n) is 4.17. The Labute approximate surface area is 93.6 Å². The summed E-state index contributed by atoms with van der Waals surface area (Å²) >= 11 is 0. The van der Waals surface area contributed by atoms with Gasteiger partial charge in [0.15, 0.2) is 11.6 Å². The van der Waals surface area contributed by atoms with Crippen molar-refractivity contribution < 1.29 is 13.5 Å². The van der Waals surface area contributed by atoms with Gasteiger partial charge in [-0.2, -0.15) is 0 Å². The number of hydrogen-bond donors (Lipinski definition) is 1. The van der Waals surface area contributed by atoms with Gasteiger partial charge in [-0.1, -0.05) is 0 Å². The van der Waals surface area contributed by atoms with E-state index in [0.717, 1.165) is 6.07 Å². The minimum absolute atomic E-state index is 0.190. The maximum atomic E-state index is 13.0. The Morgan fingerprint density at radius 1 is 1.38 bits per heavy atom. The zero-order chi connectivity index (χ0) is 11.5. The van der Waals surface area contributed by atoms with Crippen LogP contribution in [-0.2, 0) is 4.74 Å². The van der Waals surface area contributed by atoms with Gasteiger partial charge in [0.25, 0.3) is 0 Å². The molecule has 1 N–H and O–H groups in total. The molecule has 1 aliphatic rings. The molecule has 0 spiro atoms. The summed E-state index contributed by atoms with van der Waals surface area (Å²) in [7, 11) is 1.64. The average molecular weight is 227 g/mol. The van der Waals surface area contributed by atoms with E-state index in [9.17, 15) is 8.78 Å². The molecule has 0 heterocycles. The van der Waals surface area contributed by atoms with E-state index in [2.05, 4.69) is 5.32 Å². The number of ether oxygens (including phenoxy) is 1. The highest BCUT2D eigenvalue weighted by Gasteiger charge is 2.31. The molecule has 2 rings (SSSR count). The lowest BCUT2D eigenvalue weighted by molar-refractivity contribution is 0.179. The number of nitrogens with one attached hydrogen (secondary N) is 1. The maximum absolute atomic E-state index is 13.0. The molecule has 1 atom stereocenters. The first kappa shape index (κ1) is 11.3. The Balaban J connectivity index is 2.03. The summed E-state index contributed by atoms with van der Waals surface area (Å²) in [5, 5.41) is 3.18. The van der Waals surface area contributed by atoms with Crippen molar-refractivity contribution in [3.05, 3.63) is 29.8 Å². The predicted molar refractivity (Wildman–Crippen MR) is 58.4 cm³/mol. The number of hydrogen-bond acceptors (Lipinski definition) is 2. The standard InChI is InChI=1S/C12H15F2NO/c1-16-7-12(8-2-3-8)15-9-4-5-10(13)11(14)6-9/h4-6,8,12,15H,2-3,7H2,1H3. The van der Waals surface area contributed by atoms with Crippen LogP contribution in [0.5, 0.6) is 0 Å². The summed E-state index contributed by atoms with van der Waals surface area (Å²) in [5.74, 6) is -1.05. The summed E-state index contributed by atoms with van der Waals surface area (Å²) in [6.07, 6.45) is 2.34. The predicted octanol–water partition coefficient (Wildman–Crippen LogP) is 2.80. The van der Waals surface area contributed by atoms with Gasteiger partial charge in [-0.05, 0) is 30.9 Å². The summed E-state index contributed by atoms with van der Waals surface area (Å²) < 4.78 is 30.8. The fourth-order valence-electron chi connectivity index (χ4n) is 1.77. The van der Waals surface area contributed by atoms with Crippen LogP contribution in [0.4, 0.5) is 14.5 Å². The fourth-order valence-corrected chi connectivity index (χ4v) is 1.77. The lowest BCUT2D eigenvalue weighted by Gasteiger charge is -2.18. The largest absolute Gasteiger partial charge is 0.383 e. The molecule has 0 saturated heterocycles. The number of anilines is 1. The number of halogens is 2. The molecule has 2 nitrogen and oxygen atoms in total. The molecular formula is C12H15F2NO. The summed E-state index contributed by atoms with van der Waals surface area (Å²) in [6, 6.07) is 4.05. The molecule has 1 fully saturated rings. The highest BCUT2D eigenvalue weighted by atomic mass is 19.2. The SMILES string of the molecule is COCC(Nc1ccc(F)c(F)c1)C1CC1. The van der Waals surface area contributed by atoms with Gasteiger partial charge < -0.3 is 10.1 Å². The van der Waals surface area contributed by atoms with Gasteiger partial charge in [-0.15, -0.1) is 0 Å². The van der Waals surface area contributed by atoms with Gasteiger partial charge in [-0.25, -0.2) is 8.78 Å². The molecule has 0 bridgehead atoms. The second-order valence-corrected chi connectivity index (χ2v) is 4.17. The highest BCUT2D eigenvalue weighted by Crippen LogP contribution is 2.34. The van der Waals surface area contributed by atoms with Gasteiger partial charge in [-0.3, -0.25) is 0 Å². The molecule has 4 heteroatoms. The van der Waals surface area contributed by atoms with Gasteiger partial charge in [0.2, 0.25) is 0 Å². The molecule has 0 aliphatic heterocycles. The van der Waals surface area contributed by atoms with Crippen molar-refractivity contribution in [3.8, 4) is 0 Å². The topological polar surface area (TPSA) is 21.3 Å². The van der Waals surface area contributed by atoms with E-state index in [4.69, 9.17) is 4.74 Å². The smallest absolute Gasteiger partial charge is 0.160 e.